The zero-order valence-corrected chi connectivity index (χ0v) is 24.8. The van der Waals surface area contributed by atoms with Gasteiger partial charge in [-0.15, -0.1) is 4.33 Å². The Hall–Kier alpha value is 1.12. The molecule has 4 atom stereocenters. The van der Waals surface area contributed by atoms with Crippen LogP contribution in [0.25, 0.3) is 10.2 Å². The fourth-order valence-corrected chi connectivity index (χ4v) is 4.78. The van der Waals surface area contributed by atoms with Crippen LogP contribution in [0.4, 0.5) is 5.69 Å². The number of aromatic nitrogens is 1. The summed E-state index contributed by atoms with van der Waals surface area (Å²) in [6, 6.07) is 5.52. The van der Waals surface area contributed by atoms with Crippen molar-refractivity contribution in [1.29, 1.82) is 0 Å². The van der Waals surface area contributed by atoms with E-state index in [0.717, 1.165) is 27.9 Å². The number of anilines is 1. The number of thiazole rings is 1. The van der Waals surface area contributed by atoms with Gasteiger partial charge in [-0.05, 0) is 18.2 Å². The predicted molar refractivity (Wildman–Crippen MR) is 110 cm³/mol. The predicted octanol–water partition coefficient (Wildman–Crippen LogP) is -3.81. The van der Waals surface area contributed by atoms with Gasteiger partial charge in [-0.25, -0.2) is 8.42 Å². The van der Waals surface area contributed by atoms with Crippen molar-refractivity contribution < 1.29 is 99.0 Å². The molecule has 2 aromatic rings. The number of nitrogens with zero attached hydrogens (tertiary/aromatic N) is 1. The van der Waals surface area contributed by atoms with E-state index < -0.39 is 41.0 Å². The summed E-state index contributed by atoms with van der Waals surface area (Å²) in [4.78, 5) is 9.31. The van der Waals surface area contributed by atoms with Crippen molar-refractivity contribution in [1.82, 2.24) is 4.98 Å². The first-order valence-electron chi connectivity index (χ1n) is 8.59. The van der Waals surface area contributed by atoms with Gasteiger partial charge in [-0.1, -0.05) is 11.3 Å². The second kappa shape index (κ2) is 16.0. The second-order valence-corrected chi connectivity index (χ2v) is 8.81. The van der Waals surface area contributed by atoms with E-state index in [4.69, 9.17) is 22.3 Å². The fourth-order valence-electron chi connectivity index (χ4n) is 3.04. The first kappa shape index (κ1) is 31.2. The molecule has 0 spiro atoms. The first-order valence-corrected chi connectivity index (χ1v) is 12.6. The maximum Gasteiger partial charge on any atom is 1.00 e. The minimum Gasteiger partial charge on any atom is -0.750 e. The first-order chi connectivity index (χ1) is 14.4. The molecule has 1 fully saturated rings. The van der Waals surface area contributed by atoms with E-state index >= 15 is 0 Å². The molecule has 4 unspecified atom stereocenters. The summed E-state index contributed by atoms with van der Waals surface area (Å²) in [6.45, 7) is 0.119. The van der Waals surface area contributed by atoms with Crippen molar-refractivity contribution in [3.8, 4) is 5.19 Å². The van der Waals surface area contributed by atoms with Gasteiger partial charge in [0.1, 0.15) is 6.73 Å². The van der Waals surface area contributed by atoms with E-state index in [0.29, 0.717) is 18.0 Å². The Bertz CT molecular complexity index is 870. The van der Waals surface area contributed by atoms with Crippen LogP contribution in [0.1, 0.15) is 19.3 Å². The molecule has 1 aromatic carbocycles. The maximum atomic E-state index is 10.8. The van der Waals surface area contributed by atoms with Gasteiger partial charge >= 0.3 is 64.3 Å². The van der Waals surface area contributed by atoms with Crippen molar-refractivity contribution >= 4 is 62.0 Å². The van der Waals surface area contributed by atoms with Crippen molar-refractivity contribution in [2.45, 2.75) is 37.6 Å². The SMILES string of the molecule is CSOOc1nc2ccc(NCOC3CC(OS(=O)[O-])CC(OS(=O)[O-])C3)cc2s1.[Na+].[Na+]. The third-order valence-corrected chi connectivity index (χ3v) is 6.09. The number of nitrogens with one attached hydrogen (secondary N) is 1. The monoisotopic (exact) mass is 544 g/mol. The molecule has 0 radical (unpaired) electrons. The molecule has 1 aliphatic carbocycles. The van der Waals surface area contributed by atoms with Crippen LogP contribution >= 0.6 is 23.4 Å². The van der Waals surface area contributed by atoms with Gasteiger partial charge in [0, 0.05) is 43.2 Å². The normalized spacial score (nSPS) is 22.4. The van der Waals surface area contributed by atoms with Crippen LogP contribution in [0, 0.1) is 0 Å². The van der Waals surface area contributed by atoms with Crippen LogP contribution in [0.2, 0.25) is 0 Å². The molecule has 1 saturated carbocycles. The van der Waals surface area contributed by atoms with Gasteiger partial charge < -0.3 is 19.2 Å². The molecule has 3 rings (SSSR count). The Balaban J connectivity index is 0.00000256. The minimum atomic E-state index is -2.71. The van der Waals surface area contributed by atoms with Crippen molar-refractivity contribution in [3.63, 3.8) is 0 Å². The molecular formula is C15H18N2Na2O9S4. The Labute approximate surface area is 242 Å². The quantitative estimate of drug-likeness (QED) is 0.0737. The molecule has 0 aliphatic heterocycles. The number of rotatable bonds is 11. The molecule has 0 bridgehead atoms. The molecule has 32 heavy (non-hydrogen) atoms. The number of benzene rings is 1. The van der Waals surface area contributed by atoms with Gasteiger partial charge in [-0.3, -0.25) is 13.3 Å². The van der Waals surface area contributed by atoms with Crippen molar-refractivity contribution in [3.05, 3.63) is 18.2 Å². The molecule has 0 amide bonds. The molecular weight excluding hydrogens is 526 g/mol. The summed E-state index contributed by atoms with van der Waals surface area (Å²) in [7, 11) is 0. The van der Waals surface area contributed by atoms with E-state index in [1.54, 1.807) is 6.26 Å². The van der Waals surface area contributed by atoms with Crippen LogP contribution in [0.15, 0.2) is 18.2 Å². The van der Waals surface area contributed by atoms with Gasteiger partial charge in [-0.2, -0.15) is 4.98 Å². The maximum absolute atomic E-state index is 10.8. The van der Waals surface area contributed by atoms with Gasteiger partial charge in [0.25, 0.3) is 0 Å². The Kier molecular flexibility index (Phi) is 15.6. The molecule has 1 N–H and O–H groups in total. The third kappa shape index (κ3) is 10.4. The summed E-state index contributed by atoms with van der Waals surface area (Å²) in [5, 5.41) is 3.49. The molecule has 11 nitrogen and oxygen atoms in total. The summed E-state index contributed by atoms with van der Waals surface area (Å²) in [6.07, 6.45) is 0.587. The molecule has 168 valence electrons. The van der Waals surface area contributed by atoms with Crippen LogP contribution in [-0.4, -0.2) is 53.8 Å². The molecule has 1 heterocycles. The average Bonchev–Trinajstić information content (AvgIpc) is 3.07. The summed E-state index contributed by atoms with van der Waals surface area (Å²) < 4.78 is 64.2. The van der Waals surface area contributed by atoms with Crippen molar-refractivity contribution in [2.75, 3.05) is 18.3 Å². The molecule has 1 aliphatic rings. The van der Waals surface area contributed by atoms with Crippen LogP contribution in [0.3, 0.4) is 0 Å². The van der Waals surface area contributed by atoms with E-state index in [1.165, 1.54) is 11.3 Å². The zero-order chi connectivity index (χ0) is 21.5. The van der Waals surface area contributed by atoms with Crippen molar-refractivity contribution in [2.24, 2.45) is 0 Å². The minimum absolute atomic E-state index is 0. The van der Waals surface area contributed by atoms with Gasteiger partial charge in [0.2, 0.25) is 0 Å². The van der Waals surface area contributed by atoms with E-state index in [-0.39, 0.29) is 72.3 Å². The number of hydrogen-bond acceptors (Lipinski definition) is 13. The molecule has 1 aromatic heterocycles. The van der Waals surface area contributed by atoms with E-state index in [1.807, 2.05) is 18.2 Å². The van der Waals surface area contributed by atoms with Crippen LogP contribution in [-0.2, 0) is 40.2 Å². The molecule has 0 saturated heterocycles. The topological polar surface area (TPSA) is 151 Å². The molecule has 17 heteroatoms. The third-order valence-electron chi connectivity index (χ3n) is 4.14. The average molecular weight is 545 g/mol. The Morgan fingerprint density at radius 1 is 1.12 bits per heavy atom. The van der Waals surface area contributed by atoms with E-state index in [2.05, 4.69) is 10.3 Å². The number of ether oxygens (including phenoxy) is 1. The van der Waals surface area contributed by atoms with Gasteiger partial charge in [0.05, 0.1) is 51.3 Å². The second-order valence-electron chi connectivity index (χ2n) is 6.14. The standard InChI is InChI=1S/C15H20N2O9S4.2Na/c1-27-26-23-15-17-13-3-2-9(4-14(13)28-15)16-8-22-10-5-11(24-29(18)19)7-12(6-10)25-30(20)21;;/h2-4,10-12,16H,5-8H2,1H3,(H,18,19)(H,20,21);;/q;2*+1/p-2. The number of fused-ring (bicyclic) bond motifs is 1. The summed E-state index contributed by atoms with van der Waals surface area (Å²) in [5.74, 6) is 0. The van der Waals surface area contributed by atoms with Crippen LogP contribution < -0.4 is 69.3 Å². The fraction of sp³-hybridized carbons (Fsp3) is 0.533. The van der Waals surface area contributed by atoms with E-state index in [9.17, 15) is 17.5 Å². The van der Waals surface area contributed by atoms with Gasteiger partial charge in [0.15, 0.2) is 0 Å². The smallest absolute Gasteiger partial charge is 0.750 e. The zero-order valence-electron chi connectivity index (χ0n) is 17.5. The van der Waals surface area contributed by atoms with Crippen LogP contribution in [0.5, 0.6) is 5.19 Å². The summed E-state index contributed by atoms with van der Waals surface area (Å²) in [5.41, 5.74) is 1.54. The summed E-state index contributed by atoms with van der Waals surface area (Å²) >= 11 is -3.03. The Morgan fingerprint density at radius 2 is 1.75 bits per heavy atom. The number of hydrogen-bond donors (Lipinski definition) is 1. The largest absolute Gasteiger partial charge is 1.00 e. The Morgan fingerprint density at radius 3 is 2.34 bits per heavy atom.